The Balaban J connectivity index is 1.04. The molecule has 0 aromatic heterocycles. The normalized spacial score (nSPS) is 20.1. The number of carbonyl (C=O) groups is 4. The third-order valence-corrected chi connectivity index (χ3v) is 11.3. The molecule has 6 rings (SSSR count). The Labute approximate surface area is 323 Å². The van der Waals surface area contributed by atoms with Crippen LogP contribution in [-0.2, 0) is 27.1 Å². The summed E-state index contributed by atoms with van der Waals surface area (Å²) in [6, 6.07) is 13.9. The van der Waals surface area contributed by atoms with Gasteiger partial charge in [0.15, 0.2) is 6.10 Å². The molecule has 1 atom stereocenters. The number of urea groups is 1. The molecule has 2 aromatic rings. The molecule has 4 aliphatic rings. The first-order valence-corrected chi connectivity index (χ1v) is 20.0. The number of hydrogen-bond acceptors (Lipinski definition) is 7. The van der Waals surface area contributed by atoms with Gasteiger partial charge in [0.1, 0.15) is 5.60 Å². The fourth-order valence-corrected chi connectivity index (χ4v) is 9.06. The summed E-state index contributed by atoms with van der Waals surface area (Å²) in [7, 11) is 0. The van der Waals surface area contributed by atoms with Crippen molar-refractivity contribution in [3.05, 3.63) is 62.5 Å². The molecule has 0 radical (unpaired) electrons. The lowest BCUT2D eigenvalue weighted by atomic mass is 10.0. The van der Waals surface area contributed by atoms with Gasteiger partial charge in [-0.05, 0) is 88.3 Å². The minimum absolute atomic E-state index is 0.00986. The summed E-state index contributed by atoms with van der Waals surface area (Å²) in [6.45, 7) is 10.9. The molecule has 0 saturated carbocycles. The molecule has 1 unspecified atom stereocenters. The van der Waals surface area contributed by atoms with Gasteiger partial charge in [0.25, 0.3) is 5.91 Å². The van der Waals surface area contributed by atoms with Gasteiger partial charge in [0, 0.05) is 92.0 Å². The van der Waals surface area contributed by atoms with Crippen molar-refractivity contribution in [2.24, 2.45) is 0 Å². The maximum absolute atomic E-state index is 14.1. The molecule has 4 heterocycles. The summed E-state index contributed by atoms with van der Waals surface area (Å²) in [5, 5.41) is 3.05. The molecule has 0 aliphatic carbocycles. The van der Waals surface area contributed by atoms with Crippen molar-refractivity contribution in [1.82, 2.24) is 24.5 Å². The second-order valence-electron chi connectivity index (χ2n) is 15.2. The average molecular weight is 847 g/mol. The van der Waals surface area contributed by atoms with Gasteiger partial charge in [0.2, 0.25) is 0 Å². The van der Waals surface area contributed by atoms with E-state index >= 15 is 0 Å². The zero-order valence-corrected chi connectivity index (χ0v) is 33.5. The largest absolute Gasteiger partial charge is 0.444 e. The number of nitrogens with one attached hydrogen (secondary N) is 1. The van der Waals surface area contributed by atoms with Gasteiger partial charge in [-0.3, -0.25) is 9.69 Å². The lowest BCUT2D eigenvalue weighted by molar-refractivity contribution is -0.143. The van der Waals surface area contributed by atoms with Crippen LogP contribution in [-0.4, -0.2) is 131 Å². The molecule has 3 saturated heterocycles. The van der Waals surface area contributed by atoms with Crippen LogP contribution in [0.2, 0.25) is 0 Å². The first kappa shape index (κ1) is 38.4. The van der Waals surface area contributed by atoms with Crippen molar-refractivity contribution in [3.8, 4) is 0 Å². The third kappa shape index (κ3) is 9.79. The van der Waals surface area contributed by atoms with Crippen molar-refractivity contribution in [1.29, 1.82) is 0 Å². The number of hydrogen-bond donors (Lipinski definition) is 1. The van der Waals surface area contributed by atoms with E-state index in [9.17, 15) is 19.2 Å². The molecular formula is C38H50Br2N6O6. The number of likely N-dealkylation sites (tertiary alicyclic amines) is 2. The Morgan fingerprint density at radius 3 is 2.02 bits per heavy atom. The number of carbonyl (C=O) groups excluding carboxylic acids is 4. The molecule has 4 aliphatic heterocycles. The van der Waals surface area contributed by atoms with Gasteiger partial charge >= 0.3 is 18.2 Å². The number of benzene rings is 2. The minimum Gasteiger partial charge on any atom is -0.444 e. The topological polar surface area (TPSA) is 115 Å². The van der Waals surface area contributed by atoms with E-state index in [1.165, 1.54) is 0 Å². The van der Waals surface area contributed by atoms with E-state index in [4.69, 9.17) is 9.47 Å². The van der Waals surface area contributed by atoms with Crippen LogP contribution >= 0.6 is 31.9 Å². The Morgan fingerprint density at radius 2 is 1.38 bits per heavy atom. The molecule has 14 heteroatoms. The van der Waals surface area contributed by atoms with Crippen LogP contribution < -0.4 is 5.32 Å². The molecule has 2 aromatic carbocycles. The number of ether oxygens (including phenoxy) is 2. The van der Waals surface area contributed by atoms with Gasteiger partial charge in [-0.1, -0.05) is 50.1 Å². The first-order valence-electron chi connectivity index (χ1n) is 18.4. The predicted molar refractivity (Wildman–Crippen MR) is 205 cm³/mol. The van der Waals surface area contributed by atoms with E-state index in [1.54, 1.807) is 9.80 Å². The van der Waals surface area contributed by atoms with Crippen LogP contribution in [0.4, 0.5) is 20.1 Å². The number of fused-ring (bicyclic) bond motifs is 1. The number of piperazine rings is 1. The Bertz CT molecular complexity index is 1590. The Hall–Kier alpha value is -3.36. The number of nitrogens with zero attached hydrogens (tertiary/aromatic N) is 5. The lowest BCUT2D eigenvalue weighted by Crippen LogP contribution is -2.57. The average Bonchev–Trinajstić information content (AvgIpc) is 3.28. The molecule has 5 amide bonds. The van der Waals surface area contributed by atoms with Crippen LogP contribution in [0.15, 0.2) is 51.4 Å². The molecule has 1 N–H and O–H groups in total. The van der Waals surface area contributed by atoms with Gasteiger partial charge in [-0.25, -0.2) is 14.4 Å². The number of rotatable bonds is 6. The van der Waals surface area contributed by atoms with Gasteiger partial charge < -0.3 is 34.4 Å². The van der Waals surface area contributed by atoms with E-state index in [1.807, 2.05) is 73.0 Å². The SMILES string of the molecule is CC(C)(C)OC(=O)N1CCC(N2CCN(C(=O)C(Cc3cc(Br)cc(Br)c3)OC(=O)N3CCC(N4CCc5ccccc5NC4=O)CC3)CC2)CC1. The van der Waals surface area contributed by atoms with E-state index in [2.05, 4.69) is 42.1 Å². The number of para-hydroxylation sites is 1. The van der Waals surface area contributed by atoms with Gasteiger partial charge in [0.05, 0.1) is 0 Å². The summed E-state index contributed by atoms with van der Waals surface area (Å²) in [6.07, 6.45) is 2.25. The lowest BCUT2D eigenvalue weighted by Gasteiger charge is -2.43. The molecule has 282 valence electrons. The van der Waals surface area contributed by atoms with Crippen molar-refractivity contribution >= 4 is 61.7 Å². The molecule has 12 nitrogen and oxygen atoms in total. The zero-order chi connectivity index (χ0) is 37.0. The Morgan fingerprint density at radius 1 is 0.788 bits per heavy atom. The van der Waals surface area contributed by atoms with E-state index in [0.29, 0.717) is 77.8 Å². The molecule has 52 heavy (non-hydrogen) atoms. The van der Waals surface area contributed by atoms with E-state index in [0.717, 1.165) is 45.0 Å². The van der Waals surface area contributed by atoms with Crippen LogP contribution in [0.3, 0.4) is 0 Å². The Kier molecular flexibility index (Phi) is 12.4. The van der Waals surface area contributed by atoms with Crippen LogP contribution in [0.5, 0.6) is 0 Å². The second kappa shape index (κ2) is 16.8. The van der Waals surface area contributed by atoms with Crippen molar-refractivity contribution in [2.45, 2.75) is 83.1 Å². The van der Waals surface area contributed by atoms with Crippen molar-refractivity contribution in [2.75, 3.05) is 64.2 Å². The summed E-state index contributed by atoms with van der Waals surface area (Å²) in [5.74, 6) is -0.195. The summed E-state index contributed by atoms with van der Waals surface area (Å²) < 4.78 is 13.4. The van der Waals surface area contributed by atoms with Crippen molar-refractivity contribution < 1.29 is 28.7 Å². The highest BCUT2D eigenvalue weighted by Gasteiger charge is 2.37. The number of amides is 5. The third-order valence-electron chi connectivity index (χ3n) is 10.4. The van der Waals surface area contributed by atoms with Crippen LogP contribution in [0, 0.1) is 0 Å². The van der Waals surface area contributed by atoms with E-state index < -0.39 is 17.8 Å². The number of anilines is 1. The standard InChI is InChI=1S/C38H50Br2N6O6/c1-38(2,3)52-37(50)45-13-9-30(10-14-45)42-18-20-43(21-19-42)34(47)33(24-26-22-28(39)25-29(40)23-26)51-36(49)44-15-11-31(12-16-44)46-17-8-27-6-4-5-7-32(27)41-35(46)48/h4-7,22-23,25,30-31,33H,8-21,24H2,1-3H3,(H,41,48). The van der Waals surface area contributed by atoms with Gasteiger partial charge in [-0.15, -0.1) is 0 Å². The number of piperidine rings is 2. The summed E-state index contributed by atoms with van der Waals surface area (Å²) in [5.41, 5.74) is 2.32. The minimum atomic E-state index is -0.982. The maximum atomic E-state index is 14.1. The number of halogens is 2. The van der Waals surface area contributed by atoms with Crippen LogP contribution in [0.1, 0.15) is 57.6 Å². The summed E-state index contributed by atoms with van der Waals surface area (Å²) in [4.78, 5) is 63.0. The smallest absolute Gasteiger partial charge is 0.410 e. The van der Waals surface area contributed by atoms with Crippen LogP contribution in [0.25, 0.3) is 0 Å². The summed E-state index contributed by atoms with van der Waals surface area (Å²) >= 11 is 7.09. The highest BCUT2D eigenvalue weighted by molar-refractivity contribution is 9.11. The monoisotopic (exact) mass is 844 g/mol. The first-order chi connectivity index (χ1) is 24.8. The maximum Gasteiger partial charge on any atom is 0.410 e. The molecule has 0 bridgehead atoms. The predicted octanol–water partition coefficient (Wildman–Crippen LogP) is 6.36. The van der Waals surface area contributed by atoms with E-state index in [-0.39, 0.29) is 30.5 Å². The van der Waals surface area contributed by atoms with Gasteiger partial charge in [-0.2, -0.15) is 0 Å². The molecule has 3 fully saturated rings. The molecule has 0 spiro atoms. The fraction of sp³-hybridized carbons (Fsp3) is 0.579. The second-order valence-corrected chi connectivity index (χ2v) is 17.0. The fourth-order valence-electron chi connectivity index (χ4n) is 7.67. The quantitative estimate of drug-likeness (QED) is 0.360. The highest BCUT2D eigenvalue weighted by atomic mass is 79.9. The zero-order valence-electron chi connectivity index (χ0n) is 30.3. The highest BCUT2D eigenvalue weighted by Crippen LogP contribution is 2.27. The molecular weight excluding hydrogens is 796 g/mol. The van der Waals surface area contributed by atoms with Crippen molar-refractivity contribution in [3.63, 3.8) is 0 Å².